The lowest BCUT2D eigenvalue weighted by Gasteiger charge is -2.39. The third-order valence-electron chi connectivity index (χ3n) is 12.8. The molecule has 5 nitrogen and oxygen atoms in total. The first-order valence-corrected chi connectivity index (χ1v) is 21.2. The van der Waals surface area contributed by atoms with Crippen LogP contribution < -0.4 is 4.74 Å². The molecule has 0 atom stereocenters. The number of hydrogen-bond donors (Lipinski definition) is 0. The zero-order valence-electron chi connectivity index (χ0n) is 33.9. The van der Waals surface area contributed by atoms with Crippen molar-refractivity contribution in [3.63, 3.8) is 0 Å². The van der Waals surface area contributed by atoms with Crippen LogP contribution in [-0.4, -0.2) is 15.0 Å². The highest BCUT2D eigenvalue weighted by Gasteiger charge is 2.51. The molecule has 0 saturated carbocycles. The molecule has 0 fully saturated rings. The Bertz CT molecular complexity index is 3570. The van der Waals surface area contributed by atoms with E-state index in [1.807, 2.05) is 54.6 Å². The molecule has 5 heteroatoms. The fourth-order valence-electron chi connectivity index (χ4n) is 9.96. The number of rotatable bonds is 5. The first kappa shape index (κ1) is 35.4. The molecule has 0 bridgehead atoms. The summed E-state index contributed by atoms with van der Waals surface area (Å²) in [4.78, 5) is 15.4. The van der Waals surface area contributed by atoms with Gasteiger partial charge in [-0.25, -0.2) is 15.0 Å². The summed E-state index contributed by atoms with van der Waals surface area (Å²) in [5, 5.41) is 2.04. The standard InChI is InChI=1S/C58H35N3O2/c1-3-15-36(16-4-1)38-19-13-20-39(31-38)40-21-14-22-41(32-40)56-59-55(37-17-5-2-6-18-37)60-57(61-56)42-29-30-51-45(33-42)46-34-44-43-23-7-8-24-47(43)58(50(44)35-54(46)62-51)48-25-9-11-27-52(48)63-53-28-12-10-26-49(53)58/h1-35H. The smallest absolute Gasteiger partial charge is 0.164 e. The van der Waals surface area contributed by atoms with Gasteiger partial charge in [0.25, 0.3) is 0 Å². The molecule has 2 aliphatic rings. The zero-order valence-corrected chi connectivity index (χ0v) is 33.9. The van der Waals surface area contributed by atoms with Gasteiger partial charge < -0.3 is 9.15 Å². The molecule has 0 amide bonds. The molecule has 63 heavy (non-hydrogen) atoms. The van der Waals surface area contributed by atoms with Gasteiger partial charge >= 0.3 is 0 Å². The summed E-state index contributed by atoms with van der Waals surface area (Å²) in [6.45, 7) is 0. The zero-order chi connectivity index (χ0) is 41.5. The second kappa shape index (κ2) is 13.8. The number of ether oxygens (including phenoxy) is 1. The van der Waals surface area contributed by atoms with Crippen LogP contribution in [0, 0.1) is 0 Å². The minimum absolute atomic E-state index is 0.577. The lowest BCUT2D eigenvalue weighted by Crippen LogP contribution is -2.32. The second-order valence-corrected chi connectivity index (χ2v) is 16.3. The quantitative estimate of drug-likeness (QED) is 0.173. The van der Waals surface area contributed by atoms with E-state index in [-0.39, 0.29) is 0 Å². The Morgan fingerprint density at radius 1 is 0.302 bits per heavy atom. The van der Waals surface area contributed by atoms with Gasteiger partial charge in [0.15, 0.2) is 17.5 Å². The van der Waals surface area contributed by atoms with Gasteiger partial charge in [0.2, 0.25) is 0 Å². The maximum absolute atomic E-state index is 6.77. The fourth-order valence-corrected chi connectivity index (χ4v) is 9.96. The Balaban J connectivity index is 0.968. The Morgan fingerprint density at radius 2 is 0.794 bits per heavy atom. The van der Waals surface area contributed by atoms with Gasteiger partial charge in [-0.3, -0.25) is 0 Å². The predicted octanol–water partition coefficient (Wildman–Crippen LogP) is 14.6. The van der Waals surface area contributed by atoms with E-state index in [1.165, 1.54) is 33.4 Å². The molecule has 1 spiro atoms. The number of aromatic nitrogens is 3. The summed E-state index contributed by atoms with van der Waals surface area (Å²) in [5.74, 6) is 3.54. The van der Waals surface area contributed by atoms with Crippen molar-refractivity contribution in [2.75, 3.05) is 0 Å². The van der Waals surface area contributed by atoms with E-state index in [2.05, 4.69) is 158 Å². The van der Waals surface area contributed by atoms with Crippen molar-refractivity contribution in [2.45, 2.75) is 5.41 Å². The fraction of sp³-hybridized carbons (Fsp3) is 0.0172. The molecule has 13 rings (SSSR count). The SMILES string of the molecule is c1ccc(-c2cccc(-c3cccc(-c4nc(-c5ccccc5)nc(-c5ccc6oc7cc8c(cc7c6c5)-c5ccccc5C85c6ccccc6Oc6ccccc65)n4)c3)c2)cc1. The highest BCUT2D eigenvalue weighted by atomic mass is 16.5. The van der Waals surface area contributed by atoms with E-state index in [9.17, 15) is 0 Å². The van der Waals surface area contributed by atoms with Gasteiger partial charge in [0.1, 0.15) is 22.7 Å². The minimum Gasteiger partial charge on any atom is -0.457 e. The Morgan fingerprint density at radius 3 is 1.48 bits per heavy atom. The largest absolute Gasteiger partial charge is 0.457 e. The highest BCUT2D eigenvalue weighted by molar-refractivity contribution is 6.09. The molecular formula is C58H35N3O2. The van der Waals surface area contributed by atoms with Gasteiger partial charge in [-0.1, -0.05) is 158 Å². The Hall–Kier alpha value is -8.41. The van der Waals surface area contributed by atoms with Crippen molar-refractivity contribution in [2.24, 2.45) is 0 Å². The molecule has 9 aromatic carbocycles. The van der Waals surface area contributed by atoms with Gasteiger partial charge in [0.05, 0.1) is 5.41 Å². The first-order valence-electron chi connectivity index (χ1n) is 21.2. The average Bonchev–Trinajstić information content (AvgIpc) is 3.86. The van der Waals surface area contributed by atoms with Crippen LogP contribution >= 0.6 is 0 Å². The van der Waals surface area contributed by atoms with E-state index in [1.54, 1.807) is 0 Å². The lowest BCUT2D eigenvalue weighted by molar-refractivity contribution is 0.436. The van der Waals surface area contributed by atoms with E-state index < -0.39 is 5.41 Å². The summed E-state index contributed by atoms with van der Waals surface area (Å²) in [7, 11) is 0. The van der Waals surface area contributed by atoms with E-state index >= 15 is 0 Å². The number of para-hydroxylation sites is 2. The van der Waals surface area contributed by atoms with Crippen molar-refractivity contribution in [3.8, 4) is 79.0 Å². The topological polar surface area (TPSA) is 61.0 Å². The van der Waals surface area contributed by atoms with Crippen molar-refractivity contribution >= 4 is 21.9 Å². The van der Waals surface area contributed by atoms with Gasteiger partial charge in [-0.15, -0.1) is 0 Å². The monoisotopic (exact) mass is 805 g/mol. The third kappa shape index (κ3) is 5.46. The summed E-state index contributed by atoms with van der Waals surface area (Å²) in [5.41, 5.74) is 15.4. The van der Waals surface area contributed by atoms with Gasteiger partial charge in [-0.2, -0.15) is 0 Å². The second-order valence-electron chi connectivity index (χ2n) is 16.3. The summed E-state index contributed by atoms with van der Waals surface area (Å²) in [6, 6.07) is 74.2. The molecule has 11 aromatic rings. The average molecular weight is 806 g/mol. The van der Waals surface area contributed by atoms with Crippen LogP contribution in [0.25, 0.3) is 89.5 Å². The van der Waals surface area contributed by atoms with Crippen LogP contribution in [0.3, 0.4) is 0 Å². The predicted molar refractivity (Wildman–Crippen MR) is 252 cm³/mol. The van der Waals surface area contributed by atoms with Crippen molar-refractivity contribution in [1.29, 1.82) is 0 Å². The highest BCUT2D eigenvalue weighted by Crippen LogP contribution is 2.62. The molecule has 1 aliphatic heterocycles. The van der Waals surface area contributed by atoms with Crippen LogP contribution in [-0.2, 0) is 5.41 Å². The maximum Gasteiger partial charge on any atom is 0.164 e. The van der Waals surface area contributed by atoms with Crippen LogP contribution in [0.5, 0.6) is 11.5 Å². The lowest BCUT2D eigenvalue weighted by atomic mass is 9.66. The summed E-state index contributed by atoms with van der Waals surface area (Å²) >= 11 is 0. The number of nitrogens with zero attached hydrogens (tertiary/aromatic N) is 3. The first-order chi connectivity index (χ1) is 31.2. The van der Waals surface area contributed by atoms with Crippen LogP contribution in [0.1, 0.15) is 22.3 Å². The molecular weight excluding hydrogens is 771 g/mol. The minimum atomic E-state index is -0.577. The number of fused-ring (bicyclic) bond motifs is 12. The van der Waals surface area contributed by atoms with E-state index in [0.717, 1.165) is 72.4 Å². The van der Waals surface area contributed by atoms with E-state index in [0.29, 0.717) is 17.5 Å². The maximum atomic E-state index is 6.77. The number of benzene rings is 9. The normalized spacial score (nSPS) is 13.0. The summed E-state index contributed by atoms with van der Waals surface area (Å²) < 4.78 is 13.3. The summed E-state index contributed by atoms with van der Waals surface area (Å²) in [6.07, 6.45) is 0. The molecule has 0 unspecified atom stereocenters. The Kier molecular flexibility index (Phi) is 7.75. The molecule has 0 N–H and O–H groups in total. The molecule has 294 valence electrons. The van der Waals surface area contributed by atoms with Gasteiger partial charge in [-0.05, 0) is 99.1 Å². The van der Waals surface area contributed by atoms with Crippen LogP contribution in [0.2, 0.25) is 0 Å². The molecule has 3 heterocycles. The van der Waals surface area contributed by atoms with Crippen molar-refractivity contribution < 1.29 is 9.15 Å². The van der Waals surface area contributed by atoms with Crippen molar-refractivity contribution in [3.05, 3.63) is 235 Å². The van der Waals surface area contributed by atoms with E-state index in [4.69, 9.17) is 24.1 Å². The van der Waals surface area contributed by atoms with Gasteiger partial charge in [0, 0.05) is 38.6 Å². The molecule has 1 aliphatic carbocycles. The molecule has 0 saturated heterocycles. The third-order valence-corrected chi connectivity index (χ3v) is 12.8. The van der Waals surface area contributed by atoms with Crippen LogP contribution in [0.15, 0.2) is 217 Å². The number of furan rings is 1. The van der Waals surface area contributed by atoms with Crippen molar-refractivity contribution in [1.82, 2.24) is 15.0 Å². The molecule has 0 radical (unpaired) electrons. The molecule has 2 aromatic heterocycles. The number of hydrogen-bond acceptors (Lipinski definition) is 5. The Labute approximate surface area is 363 Å². The van der Waals surface area contributed by atoms with Crippen LogP contribution in [0.4, 0.5) is 0 Å².